The molecule has 4 rings (SSSR count). The lowest BCUT2D eigenvalue weighted by molar-refractivity contribution is -0.981. The number of quaternary nitrogens is 3. The molecule has 0 atom stereocenters. The van der Waals surface area contributed by atoms with Gasteiger partial charge in [-0.25, -0.2) is 0 Å². The summed E-state index contributed by atoms with van der Waals surface area (Å²) in [5.41, 5.74) is 1.51. The highest BCUT2D eigenvalue weighted by Gasteiger charge is 2.36. The molecule has 0 radical (unpaired) electrons. The second-order valence-corrected chi connectivity index (χ2v) is 9.16. The van der Waals surface area contributed by atoms with Gasteiger partial charge in [0.2, 0.25) is 0 Å². The first-order valence-corrected chi connectivity index (χ1v) is 11.4. The van der Waals surface area contributed by atoms with Crippen molar-refractivity contribution in [3.05, 3.63) is 35.9 Å². The SMILES string of the molecule is c1ccc(CC[NH+]2CCC([NH+]3CCC([NH+]4CCCCC4)CC3)CC2)cc1. The van der Waals surface area contributed by atoms with Crippen molar-refractivity contribution in [2.75, 3.05) is 45.8 Å². The summed E-state index contributed by atoms with van der Waals surface area (Å²) in [6.07, 6.45) is 11.6. The molecule has 3 aliphatic rings. The van der Waals surface area contributed by atoms with Gasteiger partial charge in [0.25, 0.3) is 0 Å². The molecule has 0 amide bonds. The Balaban J connectivity index is 1.16. The fraction of sp³-hybridized carbons (Fsp3) is 0.739. The number of benzene rings is 1. The average Bonchev–Trinajstić information content (AvgIpc) is 2.74. The van der Waals surface area contributed by atoms with Crippen LogP contribution in [0.2, 0.25) is 0 Å². The van der Waals surface area contributed by atoms with Gasteiger partial charge in [0, 0.05) is 32.1 Å². The van der Waals surface area contributed by atoms with Crippen LogP contribution in [0.5, 0.6) is 0 Å². The van der Waals surface area contributed by atoms with Crippen LogP contribution in [0.1, 0.15) is 50.5 Å². The summed E-state index contributed by atoms with van der Waals surface area (Å²) in [6, 6.07) is 13.0. The maximum Gasteiger partial charge on any atom is 0.0983 e. The molecular formula is C23H40N3+3. The van der Waals surface area contributed by atoms with Gasteiger partial charge >= 0.3 is 0 Å². The van der Waals surface area contributed by atoms with Crippen molar-refractivity contribution >= 4 is 0 Å². The summed E-state index contributed by atoms with van der Waals surface area (Å²) < 4.78 is 0. The molecule has 3 heteroatoms. The second-order valence-electron chi connectivity index (χ2n) is 9.16. The van der Waals surface area contributed by atoms with Crippen LogP contribution in [0.4, 0.5) is 0 Å². The highest BCUT2D eigenvalue weighted by atomic mass is 15.2. The van der Waals surface area contributed by atoms with Gasteiger partial charge in [0.05, 0.1) is 57.9 Å². The number of nitrogens with one attached hydrogen (secondary N) is 3. The molecule has 3 fully saturated rings. The summed E-state index contributed by atoms with van der Waals surface area (Å²) in [4.78, 5) is 5.76. The first-order valence-electron chi connectivity index (χ1n) is 11.4. The normalized spacial score (nSPS) is 33.8. The van der Waals surface area contributed by atoms with Crippen LogP contribution in [0.15, 0.2) is 30.3 Å². The van der Waals surface area contributed by atoms with E-state index in [-0.39, 0.29) is 0 Å². The van der Waals surface area contributed by atoms with Gasteiger partial charge < -0.3 is 14.7 Å². The van der Waals surface area contributed by atoms with Crippen LogP contribution in [0, 0.1) is 0 Å². The van der Waals surface area contributed by atoms with Gasteiger partial charge in [-0.1, -0.05) is 30.3 Å². The summed E-state index contributed by atoms with van der Waals surface area (Å²) in [5, 5.41) is 0. The van der Waals surface area contributed by atoms with Crippen molar-refractivity contribution in [3.8, 4) is 0 Å². The Bertz CT molecular complexity index is 510. The van der Waals surface area contributed by atoms with E-state index in [0.29, 0.717) is 0 Å². The molecular weight excluding hydrogens is 318 g/mol. The van der Waals surface area contributed by atoms with E-state index in [4.69, 9.17) is 0 Å². The van der Waals surface area contributed by atoms with E-state index in [1.165, 1.54) is 103 Å². The van der Waals surface area contributed by atoms with Gasteiger partial charge in [-0.3, -0.25) is 0 Å². The second kappa shape index (κ2) is 9.34. The average molecular weight is 359 g/mol. The zero-order valence-corrected chi connectivity index (χ0v) is 16.6. The molecule has 3 heterocycles. The first-order chi connectivity index (χ1) is 12.9. The van der Waals surface area contributed by atoms with Crippen molar-refractivity contribution in [2.24, 2.45) is 0 Å². The molecule has 3 nitrogen and oxygen atoms in total. The van der Waals surface area contributed by atoms with Gasteiger partial charge in [-0.05, 0) is 24.8 Å². The Kier molecular flexibility index (Phi) is 6.63. The lowest BCUT2D eigenvalue weighted by Gasteiger charge is -2.40. The Morgan fingerprint density at radius 3 is 1.88 bits per heavy atom. The maximum absolute atomic E-state index is 2.28. The lowest BCUT2D eigenvalue weighted by Crippen LogP contribution is -3.24. The molecule has 0 aliphatic carbocycles. The smallest absolute Gasteiger partial charge is 0.0983 e. The summed E-state index contributed by atoms with van der Waals surface area (Å²) >= 11 is 0. The van der Waals surface area contributed by atoms with E-state index >= 15 is 0 Å². The molecule has 1 aromatic carbocycles. The number of hydrogen-bond donors (Lipinski definition) is 3. The largest absolute Gasteiger partial charge is 0.334 e. The number of likely N-dealkylation sites (tertiary alicyclic amines) is 3. The zero-order chi connectivity index (χ0) is 17.6. The maximum atomic E-state index is 2.28. The quantitative estimate of drug-likeness (QED) is 0.622. The molecule has 0 spiro atoms. The van der Waals surface area contributed by atoms with Crippen molar-refractivity contribution < 1.29 is 14.7 Å². The monoisotopic (exact) mass is 358 g/mol. The fourth-order valence-corrected chi connectivity index (χ4v) is 5.87. The predicted molar refractivity (Wildman–Crippen MR) is 107 cm³/mol. The lowest BCUT2D eigenvalue weighted by atomic mass is 9.95. The van der Waals surface area contributed by atoms with Gasteiger partial charge in [-0.2, -0.15) is 0 Å². The van der Waals surface area contributed by atoms with Crippen LogP contribution >= 0.6 is 0 Å². The van der Waals surface area contributed by atoms with Crippen molar-refractivity contribution in [3.63, 3.8) is 0 Å². The first kappa shape index (κ1) is 18.5. The standard InChI is InChI=1S/C23H37N3/c1-3-7-21(8-4-1)9-16-24-17-10-22(11-18-24)26-19-12-23(13-20-26)25-14-5-2-6-15-25/h1,3-4,7-8,22-23H,2,5-6,9-20H2/p+3. The van der Waals surface area contributed by atoms with Crippen LogP contribution in [-0.4, -0.2) is 57.9 Å². The minimum atomic E-state index is 0.966. The van der Waals surface area contributed by atoms with Crippen molar-refractivity contribution in [1.82, 2.24) is 0 Å². The van der Waals surface area contributed by atoms with E-state index < -0.39 is 0 Å². The highest BCUT2D eigenvalue weighted by molar-refractivity contribution is 5.14. The van der Waals surface area contributed by atoms with Crippen LogP contribution < -0.4 is 14.7 Å². The van der Waals surface area contributed by atoms with E-state index in [2.05, 4.69) is 30.3 Å². The summed E-state index contributed by atoms with van der Waals surface area (Å²) in [7, 11) is 0. The molecule has 3 N–H and O–H groups in total. The molecule has 3 aliphatic heterocycles. The molecule has 144 valence electrons. The van der Waals surface area contributed by atoms with Gasteiger partial charge in [0.15, 0.2) is 0 Å². The Morgan fingerprint density at radius 2 is 1.23 bits per heavy atom. The van der Waals surface area contributed by atoms with Crippen LogP contribution in [0.3, 0.4) is 0 Å². The highest BCUT2D eigenvalue weighted by Crippen LogP contribution is 2.04. The minimum Gasteiger partial charge on any atom is -0.334 e. The third-order valence-corrected chi connectivity index (χ3v) is 7.58. The molecule has 0 bridgehead atoms. The van der Waals surface area contributed by atoms with Gasteiger partial charge in [-0.15, -0.1) is 0 Å². The molecule has 0 aromatic heterocycles. The van der Waals surface area contributed by atoms with E-state index in [0.717, 1.165) is 12.1 Å². The Hall–Kier alpha value is -0.900. The van der Waals surface area contributed by atoms with E-state index in [9.17, 15) is 0 Å². The topological polar surface area (TPSA) is 13.3 Å². The zero-order valence-electron chi connectivity index (χ0n) is 16.6. The molecule has 26 heavy (non-hydrogen) atoms. The predicted octanol–water partition coefficient (Wildman–Crippen LogP) is -0.607. The van der Waals surface area contributed by atoms with E-state index in [1.807, 2.05) is 14.7 Å². The number of piperidine rings is 3. The molecule has 0 unspecified atom stereocenters. The number of rotatable bonds is 5. The third-order valence-electron chi connectivity index (χ3n) is 7.58. The number of hydrogen-bond acceptors (Lipinski definition) is 0. The summed E-state index contributed by atoms with van der Waals surface area (Å²) in [5.74, 6) is 0. The van der Waals surface area contributed by atoms with Gasteiger partial charge in [0.1, 0.15) is 0 Å². The van der Waals surface area contributed by atoms with Crippen LogP contribution in [0.25, 0.3) is 0 Å². The fourth-order valence-electron chi connectivity index (χ4n) is 5.87. The molecule has 3 saturated heterocycles. The van der Waals surface area contributed by atoms with E-state index in [1.54, 1.807) is 0 Å². The Morgan fingerprint density at radius 1 is 0.654 bits per heavy atom. The minimum absolute atomic E-state index is 0.966. The molecule has 1 aromatic rings. The van der Waals surface area contributed by atoms with Crippen molar-refractivity contribution in [1.29, 1.82) is 0 Å². The van der Waals surface area contributed by atoms with Crippen molar-refractivity contribution in [2.45, 2.75) is 63.5 Å². The summed E-state index contributed by atoms with van der Waals surface area (Å²) in [6.45, 7) is 9.97. The Labute approximate surface area is 160 Å². The molecule has 0 saturated carbocycles. The third kappa shape index (κ3) is 4.88. The van der Waals surface area contributed by atoms with Crippen LogP contribution in [-0.2, 0) is 6.42 Å².